The predicted molar refractivity (Wildman–Crippen MR) is 89.2 cm³/mol. The largest absolute Gasteiger partial charge is 0.320 e. The molecule has 120 valence electrons. The number of amides is 1. The number of rotatable bonds is 4. The minimum absolute atomic E-state index is 0.102. The van der Waals surface area contributed by atoms with Crippen LogP contribution in [0, 0.1) is 11.7 Å². The van der Waals surface area contributed by atoms with E-state index in [9.17, 15) is 9.18 Å². The summed E-state index contributed by atoms with van der Waals surface area (Å²) < 4.78 is 13.7. The normalized spacial score (nSPS) is 23.3. The number of quaternary nitrogens is 1. The molecule has 1 unspecified atom stereocenters. The molecule has 1 amide bonds. The van der Waals surface area contributed by atoms with E-state index in [2.05, 4.69) is 16.8 Å². The van der Waals surface area contributed by atoms with Gasteiger partial charge in [-0.25, -0.2) is 4.39 Å². The fraction of sp³-hybridized carbons (Fsp3) is 0.389. The number of carbonyl (C=O) groups excluding carboxylic acids is 1. The maximum atomic E-state index is 13.7. The Bertz CT molecular complexity index is 725. The second kappa shape index (κ2) is 6.06. The molecule has 0 bridgehead atoms. The van der Waals surface area contributed by atoms with Crippen LogP contribution in [0.4, 0.5) is 10.1 Å². The summed E-state index contributed by atoms with van der Waals surface area (Å²) in [7, 11) is 0. The van der Waals surface area contributed by atoms with E-state index in [1.807, 2.05) is 11.3 Å². The lowest BCUT2D eigenvalue weighted by atomic mass is 9.96. The van der Waals surface area contributed by atoms with E-state index in [-0.39, 0.29) is 17.4 Å². The van der Waals surface area contributed by atoms with Crippen LogP contribution in [-0.4, -0.2) is 19.0 Å². The first kappa shape index (κ1) is 14.8. The van der Waals surface area contributed by atoms with Crippen LogP contribution in [0.3, 0.4) is 0 Å². The fourth-order valence-corrected chi connectivity index (χ4v) is 4.59. The molecule has 0 spiro atoms. The average Bonchev–Trinajstić information content (AvgIpc) is 3.26. The second-order valence-electron chi connectivity index (χ2n) is 6.48. The Morgan fingerprint density at radius 2 is 2.13 bits per heavy atom. The summed E-state index contributed by atoms with van der Waals surface area (Å²) >= 11 is 1.84. The number of carbonyl (C=O) groups is 1. The van der Waals surface area contributed by atoms with Gasteiger partial charge >= 0.3 is 0 Å². The first-order chi connectivity index (χ1) is 11.2. The summed E-state index contributed by atoms with van der Waals surface area (Å²) in [6, 6.07) is 9.01. The van der Waals surface area contributed by atoms with Crippen LogP contribution in [0.15, 0.2) is 35.7 Å². The number of anilines is 1. The van der Waals surface area contributed by atoms with Gasteiger partial charge in [0.15, 0.2) is 6.54 Å². The quantitative estimate of drug-likeness (QED) is 0.886. The van der Waals surface area contributed by atoms with E-state index < -0.39 is 0 Å². The van der Waals surface area contributed by atoms with Crippen molar-refractivity contribution in [2.75, 3.05) is 18.4 Å². The Kier molecular flexibility index (Phi) is 3.91. The number of benzene rings is 1. The number of halogens is 1. The summed E-state index contributed by atoms with van der Waals surface area (Å²) in [5.74, 6) is 0.225. The lowest BCUT2D eigenvalue weighted by Crippen LogP contribution is -3.14. The SMILES string of the molecule is O=C(C[NH+]1CCc2sccc2[C@@H]1C1CC1)Nc1ccccc1F. The monoisotopic (exact) mass is 331 g/mol. The third-order valence-electron chi connectivity index (χ3n) is 4.86. The fourth-order valence-electron chi connectivity index (χ4n) is 3.66. The topological polar surface area (TPSA) is 33.5 Å². The molecule has 2 aliphatic rings. The Morgan fingerprint density at radius 1 is 1.30 bits per heavy atom. The number of hydrogen-bond acceptors (Lipinski definition) is 2. The van der Waals surface area contributed by atoms with Crippen LogP contribution < -0.4 is 10.2 Å². The van der Waals surface area contributed by atoms with Crippen LogP contribution in [-0.2, 0) is 11.2 Å². The molecule has 1 aliphatic carbocycles. The molecule has 2 atom stereocenters. The molecule has 1 aromatic heterocycles. The van der Waals surface area contributed by atoms with Crippen molar-refractivity contribution in [1.82, 2.24) is 0 Å². The minimum Gasteiger partial charge on any atom is -0.320 e. The Labute approximate surface area is 139 Å². The van der Waals surface area contributed by atoms with Crippen LogP contribution in [0.1, 0.15) is 29.3 Å². The Hall–Kier alpha value is -1.72. The molecule has 1 saturated carbocycles. The Balaban J connectivity index is 1.48. The number of para-hydroxylation sites is 1. The molecule has 4 rings (SSSR count). The summed E-state index contributed by atoms with van der Waals surface area (Å²) in [5.41, 5.74) is 1.71. The van der Waals surface area contributed by atoms with E-state index in [1.54, 1.807) is 18.2 Å². The van der Waals surface area contributed by atoms with Gasteiger partial charge < -0.3 is 10.2 Å². The molecular weight excluding hydrogens is 311 g/mol. The molecule has 0 saturated heterocycles. The van der Waals surface area contributed by atoms with Crippen molar-refractivity contribution in [3.05, 3.63) is 52.0 Å². The summed E-state index contributed by atoms with van der Waals surface area (Å²) in [6.45, 7) is 1.39. The lowest BCUT2D eigenvalue weighted by Gasteiger charge is -2.32. The molecule has 23 heavy (non-hydrogen) atoms. The first-order valence-corrected chi connectivity index (χ1v) is 9.05. The van der Waals surface area contributed by atoms with Crippen molar-refractivity contribution in [1.29, 1.82) is 0 Å². The molecule has 5 heteroatoms. The van der Waals surface area contributed by atoms with Gasteiger partial charge in [0.2, 0.25) is 0 Å². The predicted octanol–water partition coefficient (Wildman–Crippen LogP) is 2.42. The van der Waals surface area contributed by atoms with E-state index >= 15 is 0 Å². The van der Waals surface area contributed by atoms with E-state index in [1.165, 1.54) is 34.2 Å². The number of nitrogens with one attached hydrogen (secondary N) is 2. The number of hydrogen-bond donors (Lipinski definition) is 2. The zero-order chi connectivity index (χ0) is 15.8. The van der Waals surface area contributed by atoms with Crippen LogP contribution in [0.25, 0.3) is 0 Å². The first-order valence-electron chi connectivity index (χ1n) is 8.17. The van der Waals surface area contributed by atoms with Crippen molar-refractivity contribution >= 4 is 22.9 Å². The van der Waals surface area contributed by atoms with Gasteiger partial charge in [-0.05, 0) is 36.4 Å². The average molecular weight is 331 g/mol. The molecular formula is C18H20FN2OS+. The molecule has 3 nitrogen and oxygen atoms in total. The van der Waals surface area contributed by atoms with Gasteiger partial charge in [-0.1, -0.05) is 12.1 Å². The van der Waals surface area contributed by atoms with E-state index in [4.69, 9.17) is 0 Å². The Morgan fingerprint density at radius 3 is 2.91 bits per heavy atom. The highest BCUT2D eigenvalue weighted by molar-refractivity contribution is 7.10. The van der Waals surface area contributed by atoms with Crippen molar-refractivity contribution < 1.29 is 14.1 Å². The van der Waals surface area contributed by atoms with E-state index in [0.717, 1.165) is 13.0 Å². The van der Waals surface area contributed by atoms with Crippen LogP contribution in [0.2, 0.25) is 0 Å². The highest BCUT2D eigenvalue weighted by Crippen LogP contribution is 2.42. The van der Waals surface area contributed by atoms with E-state index in [0.29, 0.717) is 18.5 Å². The maximum Gasteiger partial charge on any atom is 0.279 e. The zero-order valence-electron chi connectivity index (χ0n) is 12.8. The van der Waals surface area contributed by atoms with Gasteiger partial charge in [-0.2, -0.15) is 0 Å². The number of fused-ring (bicyclic) bond motifs is 1. The maximum absolute atomic E-state index is 13.7. The van der Waals surface area contributed by atoms with Crippen molar-refractivity contribution in [3.63, 3.8) is 0 Å². The van der Waals surface area contributed by atoms with Gasteiger partial charge in [-0.3, -0.25) is 4.79 Å². The van der Waals surface area contributed by atoms with Crippen LogP contribution in [0.5, 0.6) is 0 Å². The third-order valence-corrected chi connectivity index (χ3v) is 5.85. The molecule has 2 N–H and O–H groups in total. The lowest BCUT2D eigenvalue weighted by molar-refractivity contribution is -0.928. The molecule has 1 fully saturated rings. The number of thiophene rings is 1. The molecule has 2 heterocycles. The van der Waals surface area contributed by atoms with Gasteiger partial charge in [0.1, 0.15) is 11.9 Å². The molecule has 1 aliphatic heterocycles. The summed E-state index contributed by atoms with van der Waals surface area (Å²) in [4.78, 5) is 15.2. The standard InChI is InChI=1S/C18H19FN2OS/c19-14-3-1-2-4-15(14)20-17(22)11-21-9-7-16-13(8-10-23-16)18(21)12-5-6-12/h1-4,8,10,12,18H,5-7,9,11H2,(H,20,22)/p+1/t18-/m0/s1. The smallest absolute Gasteiger partial charge is 0.279 e. The third kappa shape index (κ3) is 3.03. The van der Waals surface area contributed by atoms with Crippen molar-refractivity contribution in [2.45, 2.75) is 25.3 Å². The van der Waals surface area contributed by atoms with Crippen LogP contribution >= 0.6 is 11.3 Å². The zero-order valence-corrected chi connectivity index (χ0v) is 13.7. The summed E-state index contributed by atoms with van der Waals surface area (Å²) in [6.07, 6.45) is 3.56. The van der Waals surface area contributed by atoms with Gasteiger partial charge in [0, 0.05) is 22.8 Å². The molecule has 2 aromatic rings. The van der Waals surface area contributed by atoms with Gasteiger partial charge in [-0.15, -0.1) is 11.3 Å². The van der Waals surface area contributed by atoms with Crippen molar-refractivity contribution in [3.8, 4) is 0 Å². The van der Waals surface area contributed by atoms with Crippen molar-refractivity contribution in [2.24, 2.45) is 5.92 Å². The highest BCUT2D eigenvalue weighted by atomic mass is 32.1. The highest BCUT2D eigenvalue weighted by Gasteiger charge is 2.43. The molecule has 0 radical (unpaired) electrons. The summed E-state index contributed by atoms with van der Waals surface area (Å²) in [5, 5.41) is 4.89. The second-order valence-corrected chi connectivity index (χ2v) is 7.48. The molecule has 1 aromatic carbocycles. The van der Waals surface area contributed by atoms with Gasteiger partial charge in [0.25, 0.3) is 5.91 Å². The minimum atomic E-state index is -0.381. The van der Waals surface area contributed by atoms with Gasteiger partial charge in [0.05, 0.1) is 12.2 Å².